The highest BCUT2D eigenvalue weighted by atomic mass is 35.5. The minimum Gasteiger partial charge on any atom is -0.342 e. The van der Waals surface area contributed by atoms with Crippen LogP contribution in [0.2, 0.25) is 0 Å². The molecule has 0 bridgehead atoms. The first-order valence-corrected chi connectivity index (χ1v) is 8.63. The standard InChI is InChI=1S/C19H30N2O.ClH/c1-4-14(2)18(16-9-6-5-7-10-16)19(22)21-12-8-11-17(13-21)15(3)20;/h5-7,9-10,14-15,17-18H,4,8,11-13,20H2,1-3H3;1H. The minimum atomic E-state index is -0.0296. The van der Waals surface area contributed by atoms with Gasteiger partial charge in [0.05, 0.1) is 5.92 Å². The van der Waals surface area contributed by atoms with Gasteiger partial charge in [-0.15, -0.1) is 12.4 Å². The zero-order valence-electron chi connectivity index (χ0n) is 14.6. The third-order valence-corrected chi connectivity index (χ3v) is 5.15. The fourth-order valence-corrected chi connectivity index (χ4v) is 3.45. The van der Waals surface area contributed by atoms with Gasteiger partial charge in [-0.25, -0.2) is 0 Å². The van der Waals surface area contributed by atoms with E-state index in [1.807, 2.05) is 18.2 Å². The van der Waals surface area contributed by atoms with E-state index < -0.39 is 0 Å². The van der Waals surface area contributed by atoms with Crippen LogP contribution in [0.4, 0.5) is 0 Å². The molecule has 1 fully saturated rings. The van der Waals surface area contributed by atoms with Crippen LogP contribution in [-0.4, -0.2) is 29.9 Å². The second-order valence-electron chi connectivity index (χ2n) is 6.82. The molecular weight excluding hydrogens is 308 g/mol. The SMILES string of the molecule is CCC(C)C(C(=O)N1CCCC(C(C)N)C1)c1ccccc1.Cl. The van der Waals surface area contributed by atoms with Crippen molar-refractivity contribution in [1.82, 2.24) is 4.90 Å². The van der Waals surface area contributed by atoms with Crippen LogP contribution >= 0.6 is 12.4 Å². The number of nitrogens with two attached hydrogens (primary N) is 1. The lowest BCUT2D eigenvalue weighted by Gasteiger charge is -2.37. The smallest absolute Gasteiger partial charge is 0.230 e. The van der Waals surface area contributed by atoms with Crippen molar-refractivity contribution in [2.45, 2.75) is 52.0 Å². The molecule has 0 radical (unpaired) electrons. The monoisotopic (exact) mass is 338 g/mol. The summed E-state index contributed by atoms with van der Waals surface area (Å²) in [4.78, 5) is 15.2. The Hall–Kier alpha value is -1.06. The molecule has 1 aliphatic heterocycles. The van der Waals surface area contributed by atoms with E-state index in [9.17, 15) is 4.79 Å². The van der Waals surface area contributed by atoms with Crippen molar-refractivity contribution in [2.24, 2.45) is 17.6 Å². The lowest BCUT2D eigenvalue weighted by molar-refractivity contribution is -0.136. The summed E-state index contributed by atoms with van der Waals surface area (Å²) in [5, 5.41) is 0. The number of rotatable bonds is 5. The fourth-order valence-electron chi connectivity index (χ4n) is 3.45. The molecule has 1 heterocycles. The molecule has 1 amide bonds. The van der Waals surface area contributed by atoms with Crippen molar-refractivity contribution in [3.63, 3.8) is 0 Å². The molecule has 130 valence electrons. The first kappa shape index (κ1) is 20.0. The maximum Gasteiger partial charge on any atom is 0.230 e. The van der Waals surface area contributed by atoms with Crippen LogP contribution in [-0.2, 0) is 4.79 Å². The molecule has 0 saturated carbocycles. The Morgan fingerprint density at radius 2 is 1.96 bits per heavy atom. The van der Waals surface area contributed by atoms with Crippen molar-refractivity contribution < 1.29 is 4.79 Å². The quantitative estimate of drug-likeness (QED) is 0.887. The topological polar surface area (TPSA) is 46.3 Å². The molecular formula is C19H31ClN2O. The van der Waals surface area contributed by atoms with Crippen LogP contribution in [0.5, 0.6) is 0 Å². The van der Waals surface area contributed by atoms with Gasteiger partial charge in [-0.05, 0) is 37.2 Å². The van der Waals surface area contributed by atoms with Gasteiger partial charge in [0.15, 0.2) is 0 Å². The summed E-state index contributed by atoms with van der Waals surface area (Å²) in [7, 11) is 0. The number of piperidine rings is 1. The Balaban J connectivity index is 0.00000264. The number of carbonyl (C=O) groups excluding carboxylic acids is 1. The zero-order chi connectivity index (χ0) is 16.1. The van der Waals surface area contributed by atoms with Gasteiger partial charge in [-0.2, -0.15) is 0 Å². The second-order valence-corrected chi connectivity index (χ2v) is 6.82. The number of hydrogen-bond acceptors (Lipinski definition) is 2. The molecule has 0 aromatic heterocycles. The summed E-state index contributed by atoms with van der Waals surface area (Å²) in [6, 6.07) is 10.4. The van der Waals surface area contributed by atoms with E-state index in [4.69, 9.17) is 5.73 Å². The molecule has 0 aliphatic carbocycles. The van der Waals surface area contributed by atoms with Crippen LogP contribution in [0.25, 0.3) is 0 Å². The van der Waals surface area contributed by atoms with E-state index in [-0.39, 0.29) is 30.3 Å². The summed E-state index contributed by atoms with van der Waals surface area (Å²) in [6.45, 7) is 8.09. The summed E-state index contributed by atoms with van der Waals surface area (Å²) in [6.07, 6.45) is 3.22. The number of amides is 1. The molecule has 1 aromatic rings. The highest BCUT2D eigenvalue weighted by Gasteiger charge is 2.33. The molecule has 3 nitrogen and oxygen atoms in total. The Bertz CT molecular complexity index is 478. The number of benzene rings is 1. The third-order valence-electron chi connectivity index (χ3n) is 5.15. The molecule has 2 rings (SSSR count). The molecule has 23 heavy (non-hydrogen) atoms. The maximum absolute atomic E-state index is 13.2. The molecule has 4 unspecified atom stereocenters. The number of nitrogens with zero attached hydrogens (tertiary/aromatic N) is 1. The van der Waals surface area contributed by atoms with Gasteiger partial charge in [-0.1, -0.05) is 50.6 Å². The normalized spacial score (nSPS) is 21.9. The summed E-state index contributed by atoms with van der Waals surface area (Å²) in [5.41, 5.74) is 7.21. The number of likely N-dealkylation sites (tertiary alicyclic amines) is 1. The Morgan fingerprint density at radius 3 is 2.52 bits per heavy atom. The first-order valence-electron chi connectivity index (χ1n) is 8.63. The Labute approximate surface area is 147 Å². The lowest BCUT2D eigenvalue weighted by atomic mass is 9.83. The largest absolute Gasteiger partial charge is 0.342 e. The van der Waals surface area contributed by atoms with Gasteiger partial charge in [0.2, 0.25) is 5.91 Å². The summed E-state index contributed by atoms with van der Waals surface area (Å²) in [5.74, 6) is 1.04. The van der Waals surface area contributed by atoms with E-state index in [1.165, 1.54) is 0 Å². The van der Waals surface area contributed by atoms with E-state index >= 15 is 0 Å². The van der Waals surface area contributed by atoms with Crippen molar-refractivity contribution >= 4 is 18.3 Å². The van der Waals surface area contributed by atoms with Crippen molar-refractivity contribution in [2.75, 3.05) is 13.1 Å². The molecule has 1 aromatic carbocycles. The molecule has 0 spiro atoms. The zero-order valence-corrected chi connectivity index (χ0v) is 15.4. The third kappa shape index (κ3) is 4.95. The number of hydrogen-bond donors (Lipinski definition) is 1. The van der Waals surface area contributed by atoms with Crippen LogP contribution in [0.1, 0.15) is 51.5 Å². The van der Waals surface area contributed by atoms with Gasteiger partial charge in [0, 0.05) is 19.1 Å². The number of halogens is 1. The Kier molecular flexibility index (Phi) is 8.07. The highest BCUT2D eigenvalue weighted by Crippen LogP contribution is 2.31. The van der Waals surface area contributed by atoms with Crippen molar-refractivity contribution in [1.29, 1.82) is 0 Å². The molecule has 1 saturated heterocycles. The van der Waals surface area contributed by atoms with E-state index in [1.54, 1.807) is 0 Å². The number of carbonyl (C=O) groups is 1. The molecule has 4 atom stereocenters. The van der Waals surface area contributed by atoms with Crippen LogP contribution in [0.3, 0.4) is 0 Å². The highest BCUT2D eigenvalue weighted by molar-refractivity contribution is 5.85. The second kappa shape index (κ2) is 9.29. The van der Waals surface area contributed by atoms with E-state index in [0.29, 0.717) is 11.8 Å². The molecule has 2 N–H and O–H groups in total. The van der Waals surface area contributed by atoms with Gasteiger partial charge in [0.1, 0.15) is 0 Å². The van der Waals surface area contributed by atoms with E-state index in [0.717, 1.165) is 37.9 Å². The maximum atomic E-state index is 13.2. The summed E-state index contributed by atoms with van der Waals surface area (Å²) < 4.78 is 0. The average Bonchev–Trinajstić information content (AvgIpc) is 2.55. The van der Waals surface area contributed by atoms with Gasteiger partial charge in [0.25, 0.3) is 0 Å². The summed E-state index contributed by atoms with van der Waals surface area (Å²) >= 11 is 0. The minimum absolute atomic E-state index is 0. The van der Waals surface area contributed by atoms with Crippen molar-refractivity contribution in [3.05, 3.63) is 35.9 Å². The van der Waals surface area contributed by atoms with E-state index in [2.05, 4.69) is 37.8 Å². The van der Waals surface area contributed by atoms with Gasteiger partial charge in [-0.3, -0.25) is 4.79 Å². The molecule has 4 heteroatoms. The van der Waals surface area contributed by atoms with Crippen LogP contribution < -0.4 is 5.73 Å². The van der Waals surface area contributed by atoms with Gasteiger partial charge >= 0.3 is 0 Å². The van der Waals surface area contributed by atoms with Gasteiger partial charge < -0.3 is 10.6 Å². The lowest BCUT2D eigenvalue weighted by Crippen LogP contribution is -2.47. The predicted octanol–water partition coefficient (Wildman–Crippen LogP) is 3.82. The predicted molar refractivity (Wildman–Crippen MR) is 98.8 cm³/mol. The Morgan fingerprint density at radius 1 is 1.30 bits per heavy atom. The molecule has 1 aliphatic rings. The van der Waals surface area contributed by atoms with Crippen LogP contribution in [0.15, 0.2) is 30.3 Å². The fraction of sp³-hybridized carbons (Fsp3) is 0.632. The van der Waals surface area contributed by atoms with Crippen molar-refractivity contribution in [3.8, 4) is 0 Å². The average molecular weight is 339 g/mol. The van der Waals surface area contributed by atoms with Crippen LogP contribution in [0, 0.1) is 11.8 Å². The first-order chi connectivity index (χ1) is 10.5.